The van der Waals surface area contributed by atoms with E-state index in [-0.39, 0.29) is 11.8 Å². The molecule has 0 aromatic heterocycles. The average Bonchev–Trinajstić information content (AvgIpc) is 2.54. The number of rotatable bonds is 5. The van der Waals surface area contributed by atoms with Crippen LogP contribution < -0.4 is 4.74 Å². The van der Waals surface area contributed by atoms with Gasteiger partial charge < -0.3 is 9.53 Å². The van der Waals surface area contributed by atoms with Crippen molar-refractivity contribution in [1.29, 1.82) is 0 Å². The molecule has 2 heteroatoms. The van der Waals surface area contributed by atoms with Crippen LogP contribution in [0.25, 0.3) is 0 Å². The van der Waals surface area contributed by atoms with Gasteiger partial charge in [-0.05, 0) is 25.0 Å². The molecule has 0 aliphatic carbocycles. The van der Waals surface area contributed by atoms with Crippen LogP contribution in [0.4, 0.5) is 0 Å². The van der Waals surface area contributed by atoms with Gasteiger partial charge in [0.2, 0.25) is 0 Å². The van der Waals surface area contributed by atoms with Crippen molar-refractivity contribution in [2.75, 3.05) is 0 Å². The maximum Gasteiger partial charge on any atom is 0.131 e. The van der Waals surface area contributed by atoms with Crippen molar-refractivity contribution in [3.8, 4) is 11.5 Å². The molecule has 0 unspecified atom stereocenters. The van der Waals surface area contributed by atoms with Gasteiger partial charge in [0.1, 0.15) is 17.8 Å². The van der Waals surface area contributed by atoms with Gasteiger partial charge in [-0.3, -0.25) is 0 Å². The van der Waals surface area contributed by atoms with Crippen LogP contribution in [0.15, 0.2) is 61.2 Å². The Morgan fingerprint density at radius 1 is 1.05 bits per heavy atom. The van der Waals surface area contributed by atoms with E-state index < -0.39 is 0 Å². The van der Waals surface area contributed by atoms with E-state index in [1.165, 1.54) is 0 Å². The van der Waals surface area contributed by atoms with Gasteiger partial charge in [0.05, 0.1) is 0 Å². The SMILES string of the molecule is C=CCC[C@H](C=O)C1c2ccccc2Oc2ccccc21. The minimum atomic E-state index is -0.0609. The Kier molecular flexibility index (Phi) is 3.87. The number of ether oxygens (including phenoxy) is 1. The normalized spacial score (nSPS) is 14.5. The quantitative estimate of drug-likeness (QED) is 0.585. The second kappa shape index (κ2) is 5.96. The lowest BCUT2D eigenvalue weighted by molar-refractivity contribution is -0.111. The Balaban J connectivity index is 2.09. The summed E-state index contributed by atoms with van der Waals surface area (Å²) in [4.78, 5) is 11.7. The summed E-state index contributed by atoms with van der Waals surface area (Å²) in [6.45, 7) is 3.76. The summed E-state index contributed by atoms with van der Waals surface area (Å²) in [5, 5.41) is 0. The first-order valence-corrected chi connectivity index (χ1v) is 7.27. The smallest absolute Gasteiger partial charge is 0.131 e. The molecule has 2 aromatic rings. The Labute approximate surface area is 125 Å². The van der Waals surface area contributed by atoms with Gasteiger partial charge in [0, 0.05) is 23.0 Å². The summed E-state index contributed by atoms with van der Waals surface area (Å²) < 4.78 is 5.97. The Hall–Kier alpha value is -2.35. The summed E-state index contributed by atoms with van der Waals surface area (Å²) >= 11 is 0. The van der Waals surface area contributed by atoms with Gasteiger partial charge in [0.15, 0.2) is 0 Å². The van der Waals surface area contributed by atoms with Crippen LogP contribution in [0, 0.1) is 5.92 Å². The standard InChI is InChI=1S/C19H18O2/c1-2-3-8-14(13-20)19-15-9-4-6-11-17(15)21-18-12-7-5-10-16(18)19/h2,4-7,9-14,19H,1,3,8H2/t14-/m1/s1. The first-order valence-electron chi connectivity index (χ1n) is 7.27. The van der Waals surface area contributed by atoms with Crippen molar-refractivity contribution in [3.63, 3.8) is 0 Å². The van der Waals surface area contributed by atoms with E-state index in [2.05, 4.69) is 18.7 Å². The molecule has 21 heavy (non-hydrogen) atoms. The minimum Gasteiger partial charge on any atom is -0.457 e. The van der Waals surface area contributed by atoms with E-state index in [1.54, 1.807) is 0 Å². The van der Waals surface area contributed by atoms with Crippen LogP contribution >= 0.6 is 0 Å². The molecule has 0 spiro atoms. The molecule has 0 bridgehead atoms. The second-order valence-electron chi connectivity index (χ2n) is 5.32. The number of hydrogen-bond donors (Lipinski definition) is 0. The van der Waals surface area contributed by atoms with Crippen molar-refractivity contribution < 1.29 is 9.53 Å². The summed E-state index contributed by atoms with van der Waals surface area (Å²) in [5.41, 5.74) is 2.19. The molecule has 1 aliphatic rings. The lowest BCUT2D eigenvalue weighted by Gasteiger charge is -2.31. The number of fused-ring (bicyclic) bond motifs is 2. The summed E-state index contributed by atoms with van der Waals surface area (Å²) in [7, 11) is 0. The first-order chi connectivity index (χ1) is 10.3. The third kappa shape index (κ3) is 2.49. The lowest BCUT2D eigenvalue weighted by atomic mass is 9.77. The topological polar surface area (TPSA) is 26.3 Å². The summed E-state index contributed by atoms with van der Waals surface area (Å²) in [6, 6.07) is 16.0. The number of carbonyl (C=O) groups is 1. The van der Waals surface area contributed by atoms with Crippen molar-refractivity contribution in [3.05, 3.63) is 72.3 Å². The predicted octanol–water partition coefficient (Wildman–Crippen LogP) is 4.71. The Morgan fingerprint density at radius 3 is 2.14 bits per heavy atom. The molecule has 0 amide bonds. The zero-order valence-electron chi connectivity index (χ0n) is 11.9. The number of benzene rings is 2. The summed E-state index contributed by atoms with van der Waals surface area (Å²) in [6.07, 6.45) is 4.59. The van der Waals surface area contributed by atoms with Crippen LogP contribution in [-0.4, -0.2) is 6.29 Å². The molecular weight excluding hydrogens is 260 g/mol. The van der Waals surface area contributed by atoms with Crippen LogP contribution in [0.1, 0.15) is 29.9 Å². The molecular formula is C19H18O2. The largest absolute Gasteiger partial charge is 0.457 e. The van der Waals surface area contributed by atoms with Gasteiger partial charge in [-0.2, -0.15) is 0 Å². The van der Waals surface area contributed by atoms with E-state index in [0.717, 1.165) is 41.8 Å². The van der Waals surface area contributed by atoms with Gasteiger partial charge >= 0.3 is 0 Å². The summed E-state index contributed by atoms with van der Waals surface area (Å²) in [5.74, 6) is 1.70. The molecule has 1 aliphatic heterocycles. The Morgan fingerprint density at radius 2 is 1.62 bits per heavy atom. The number of carbonyl (C=O) groups excluding carboxylic acids is 1. The highest BCUT2D eigenvalue weighted by Crippen LogP contribution is 2.47. The molecule has 0 saturated carbocycles. The van der Waals surface area contributed by atoms with Crippen molar-refractivity contribution in [2.45, 2.75) is 18.8 Å². The number of aldehydes is 1. The molecule has 3 rings (SSSR count). The zero-order valence-corrected chi connectivity index (χ0v) is 11.9. The second-order valence-corrected chi connectivity index (χ2v) is 5.32. The fourth-order valence-electron chi connectivity index (χ4n) is 3.03. The van der Waals surface area contributed by atoms with Crippen molar-refractivity contribution >= 4 is 6.29 Å². The van der Waals surface area contributed by atoms with Crippen molar-refractivity contribution in [2.24, 2.45) is 5.92 Å². The molecule has 1 atom stereocenters. The maximum absolute atomic E-state index is 11.7. The highest BCUT2D eigenvalue weighted by atomic mass is 16.5. The van der Waals surface area contributed by atoms with Crippen LogP contribution in [0.2, 0.25) is 0 Å². The van der Waals surface area contributed by atoms with Gasteiger partial charge in [0.25, 0.3) is 0 Å². The number of hydrogen-bond acceptors (Lipinski definition) is 2. The molecule has 0 N–H and O–H groups in total. The molecule has 1 heterocycles. The minimum absolute atomic E-state index is 0.0589. The zero-order chi connectivity index (χ0) is 14.7. The van der Waals surface area contributed by atoms with E-state index in [0.29, 0.717) is 0 Å². The molecule has 2 aromatic carbocycles. The number of allylic oxidation sites excluding steroid dienone is 1. The Bertz CT molecular complexity index is 615. The molecule has 0 fully saturated rings. The molecule has 2 nitrogen and oxygen atoms in total. The highest BCUT2D eigenvalue weighted by molar-refractivity contribution is 5.63. The molecule has 0 radical (unpaired) electrons. The predicted molar refractivity (Wildman–Crippen MR) is 83.8 cm³/mol. The molecule has 0 saturated heterocycles. The average molecular weight is 278 g/mol. The highest BCUT2D eigenvalue weighted by Gasteiger charge is 2.32. The van der Waals surface area contributed by atoms with E-state index in [4.69, 9.17) is 4.74 Å². The monoisotopic (exact) mass is 278 g/mol. The lowest BCUT2D eigenvalue weighted by Crippen LogP contribution is -2.20. The fraction of sp³-hybridized carbons (Fsp3) is 0.211. The van der Waals surface area contributed by atoms with Crippen molar-refractivity contribution in [1.82, 2.24) is 0 Å². The van der Waals surface area contributed by atoms with Gasteiger partial charge in [-0.15, -0.1) is 6.58 Å². The maximum atomic E-state index is 11.7. The van der Waals surface area contributed by atoms with Gasteiger partial charge in [-0.1, -0.05) is 42.5 Å². The van der Waals surface area contributed by atoms with E-state index >= 15 is 0 Å². The number of para-hydroxylation sites is 2. The van der Waals surface area contributed by atoms with Crippen LogP contribution in [0.5, 0.6) is 11.5 Å². The van der Waals surface area contributed by atoms with Crippen LogP contribution in [-0.2, 0) is 4.79 Å². The van der Waals surface area contributed by atoms with Crippen LogP contribution in [0.3, 0.4) is 0 Å². The first kappa shape index (κ1) is 13.6. The molecule has 106 valence electrons. The third-order valence-electron chi connectivity index (χ3n) is 4.04. The van der Waals surface area contributed by atoms with E-state index in [1.807, 2.05) is 42.5 Å². The van der Waals surface area contributed by atoms with E-state index in [9.17, 15) is 4.79 Å². The third-order valence-corrected chi connectivity index (χ3v) is 4.04. The van der Waals surface area contributed by atoms with Gasteiger partial charge in [-0.25, -0.2) is 0 Å². The fourth-order valence-corrected chi connectivity index (χ4v) is 3.03.